The number of rotatable bonds is 38. The van der Waals surface area contributed by atoms with Crippen molar-refractivity contribution in [3.05, 3.63) is 24.3 Å². The molecule has 0 aliphatic carbocycles. The van der Waals surface area contributed by atoms with E-state index < -0.39 is 29.9 Å². The van der Waals surface area contributed by atoms with Gasteiger partial charge in [0, 0.05) is 24.3 Å². The van der Waals surface area contributed by atoms with E-state index in [-0.39, 0.29) is 38.2 Å². The predicted octanol–water partition coefficient (Wildman–Crippen LogP) is -0.997. The number of carbonyl (C=O) groups is 3. The summed E-state index contributed by atoms with van der Waals surface area (Å²) in [4.78, 5) is 37.6. The Morgan fingerprint density at radius 2 is 0.836 bits per heavy atom. The quantitative estimate of drug-likeness (QED) is 0.0465. The monoisotopic (exact) mass is 793 g/mol. The van der Waals surface area contributed by atoms with Gasteiger partial charge >= 0.3 is 0 Å². The number of hydrogen-bond acceptors (Lipinski definition) is 17. The average molecular weight is 794 g/mol. The molecule has 2 unspecified atom stereocenters. The minimum atomic E-state index is -1.13. The molecule has 4 N–H and O–H groups in total. The fourth-order valence-electron chi connectivity index (χ4n) is 4.58. The largest absolute Gasteiger partial charge is 0.494 e. The molecule has 55 heavy (non-hydrogen) atoms. The van der Waals surface area contributed by atoms with Gasteiger partial charge in [0.2, 0.25) is 5.91 Å². The Morgan fingerprint density at radius 1 is 0.545 bits per heavy atom. The number of nitrogens with zero attached hydrogens (tertiary/aromatic N) is 2. The molecule has 20 nitrogen and oxygen atoms in total. The number of imide groups is 1. The lowest BCUT2D eigenvalue weighted by atomic mass is 10.2. The maximum Gasteiger partial charge on any atom is 0.254 e. The summed E-state index contributed by atoms with van der Waals surface area (Å²) in [5, 5.41) is 31.5. The van der Waals surface area contributed by atoms with Crippen LogP contribution in [0.5, 0.6) is 11.8 Å². The number of aromatic hydroxyl groups is 2. The van der Waals surface area contributed by atoms with Crippen LogP contribution in [0.3, 0.4) is 0 Å². The zero-order valence-corrected chi connectivity index (χ0v) is 31.7. The van der Waals surface area contributed by atoms with Crippen LogP contribution in [0.4, 0.5) is 0 Å². The average Bonchev–Trinajstić information content (AvgIpc) is 3.70. The van der Waals surface area contributed by atoms with Gasteiger partial charge < -0.3 is 72.7 Å². The molecule has 316 valence electrons. The van der Waals surface area contributed by atoms with Gasteiger partial charge in [-0.3, -0.25) is 23.9 Å². The molecule has 2 heterocycles. The van der Waals surface area contributed by atoms with Gasteiger partial charge in [-0.15, -0.1) is 0 Å². The third kappa shape index (κ3) is 22.2. The van der Waals surface area contributed by atoms with Crippen molar-refractivity contribution in [1.29, 1.82) is 0 Å². The van der Waals surface area contributed by atoms with Crippen molar-refractivity contribution >= 4 is 17.7 Å². The van der Waals surface area contributed by atoms with E-state index in [0.29, 0.717) is 126 Å². The van der Waals surface area contributed by atoms with Crippen LogP contribution < -0.4 is 5.32 Å². The summed E-state index contributed by atoms with van der Waals surface area (Å²) in [6.45, 7) is 9.79. The maximum absolute atomic E-state index is 12.8. The van der Waals surface area contributed by atoms with Crippen molar-refractivity contribution in [3.8, 4) is 11.8 Å². The van der Waals surface area contributed by atoms with Gasteiger partial charge in [0.1, 0.15) is 12.2 Å². The summed E-state index contributed by atoms with van der Waals surface area (Å²) in [5.74, 6) is -2.55. The molecule has 1 aromatic heterocycles. The zero-order chi connectivity index (χ0) is 39.8. The molecular weight excluding hydrogens is 734 g/mol. The third-order valence-corrected chi connectivity index (χ3v) is 7.34. The standard InChI is InChI=1S/C35H59N3O17/c1-29(37-31(40)2-3-32(37)41)35(44)36-30(38-33(42)4-5-34(38)43)28-55-27-26-54-25-24-53-23-22-52-21-20-51-19-18-50-17-16-49-15-14-48-13-12-47-11-10-46-9-8-45-7-6-39/h2-5,29-30,39,42-43H,6-28H2,1H3,(H,36,44). The molecule has 0 saturated heterocycles. The van der Waals surface area contributed by atoms with Gasteiger partial charge in [-0.2, -0.15) is 0 Å². The van der Waals surface area contributed by atoms with Crippen molar-refractivity contribution in [2.24, 2.45) is 0 Å². The van der Waals surface area contributed by atoms with Crippen LogP contribution in [0, 0.1) is 0 Å². The van der Waals surface area contributed by atoms with Crippen LogP contribution in [0.2, 0.25) is 0 Å². The summed E-state index contributed by atoms with van der Waals surface area (Å²) >= 11 is 0. The van der Waals surface area contributed by atoms with Gasteiger partial charge in [0.25, 0.3) is 11.8 Å². The molecular formula is C35H59N3O17. The Labute approximate surface area is 321 Å². The lowest BCUT2D eigenvalue weighted by Gasteiger charge is -2.26. The van der Waals surface area contributed by atoms with Crippen molar-refractivity contribution in [1.82, 2.24) is 14.8 Å². The second kappa shape index (κ2) is 31.9. The Kier molecular flexibility index (Phi) is 27.8. The van der Waals surface area contributed by atoms with E-state index >= 15 is 0 Å². The van der Waals surface area contributed by atoms with E-state index in [2.05, 4.69) is 5.32 Å². The van der Waals surface area contributed by atoms with Crippen molar-refractivity contribution < 1.29 is 81.8 Å². The SMILES string of the molecule is CC(C(=O)NC(COCCOCCOCCOCCOCCOCCOCCOCCOCCOCCOCCO)n1c(O)ccc1O)N1C(=O)C=CC1=O. The molecule has 0 saturated carbocycles. The van der Waals surface area contributed by atoms with Crippen molar-refractivity contribution in [3.63, 3.8) is 0 Å². The van der Waals surface area contributed by atoms with Crippen molar-refractivity contribution in [2.75, 3.05) is 152 Å². The molecule has 0 aromatic carbocycles. The maximum atomic E-state index is 12.8. The molecule has 2 rings (SSSR count). The second-order valence-electron chi connectivity index (χ2n) is 11.4. The Hall–Kier alpha value is -3.25. The topological polar surface area (TPSA) is 234 Å². The predicted molar refractivity (Wildman–Crippen MR) is 191 cm³/mol. The number of aromatic nitrogens is 1. The lowest BCUT2D eigenvalue weighted by Crippen LogP contribution is -2.50. The zero-order valence-electron chi connectivity index (χ0n) is 31.7. The van der Waals surface area contributed by atoms with E-state index in [1.165, 1.54) is 19.1 Å². The van der Waals surface area contributed by atoms with Crippen LogP contribution >= 0.6 is 0 Å². The smallest absolute Gasteiger partial charge is 0.254 e. The summed E-state index contributed by atoms with van der Waals surface area (Å²) in [6.07, 6.45) is 1.11. The van der Waals surface area contributed by atoms with Crippen LogP contribution in [-0.4, -0.2) is 201 Å². The Morgan fingerprint density at radius 3 is 1.15 bits per heavy atom. The first-order valence-corrected chi connectivity index (χ1v) is 18.3. The van der Waals surface area contributed by atoms with E-state index in [9.17, 15) is 24.6 Å². The number of amides is 3. The summed E-state index contributed by atoms with van der Waals surface area (Å²) in [7, 11) is 0. The lowest BCUT2D eigenvalue weighted by molar-refractivity contribution is -0.145. The Balaban J connectivity index is 1.33. The van der Waals surface area contributed by atoms with Gasteiger partial charge in [0.15, 0.2) is 11.8 Å². The molecule has 20 heteroatoms. The molecule has 3 amide bonds. The third-order valence-electron chi connectivity index (χ3n) is 7.34. The van der Waals surface area contributed by atoms with Crippen LogP contribution in [0.15, 0.2) is 24.3 Å². The van der Waals surface area contributed by atoms with Crippen molar-refractivity contribution in [2.45, 2.75) is 19.1 Å². The van der Waals surface area contributed by atoms with Gasteiger partial charge in [-0.1, -0.05) is 0 Å². The van der Waals surface area contributed by atoms with E-state index in [1.54, 1.807) is 0 Å². The Bertz CT molecular complexity index is 1150. The molecule has 1 aliphatic rings. The fraction of sp³-hybridized carbons (Fsp3) is 0.743. The van der Waals surface area contributed by atoms with Crippen LogP contribution in [-0.2, 0) is 66.5 Å². The minimum Gasteiger partial charge on any atom is -0.494 e. The first-order valence-electron chi connectivity index (χ1n) is 18.3. The molecule has 0 spiro atoms. The number of aliphatic hydroxyl groups is 1. The van der Waals surface area contributed by atoms with E-state index in [0.717, 1.165) is 21.6 Å². The van der Waals surface area contributed by atoms with Gasteiger partial charge in [0.05, 0.1) is 152 Å². The highest BCUT2D eigenvalue weighted by Gasteiger charge is 2.34. The fourth-order valence-corrected chi connectivity index (χ4v) is 4.58. The number of carbonyl (C=O) groups excluding carboxylic acids is 3. The highest BCUT2D eigenvalue weighted by atomic mass is 16.6. The van der Waals surface area contributed by atoms with Gasteiger partial charge in [-0.25, -0.2) is 0 Å². The number of hydrogen-bond donors (Lipinski definition) is 4. The first kappa shape index (κ1) is 47.9. The summed E-state index contributed by atoms with van der Waals surface area (Å²) < 4.78 is 60.7. The van der Waals surface area contributed by atoms with E-state index in [4.69, 9.17) is 57.2 Å². The number of nitrogens with one attached hydrogen (secondary N) is 1. The van der Waals surface area contributed by atoms with Crippen LogP contribution in [0.1, 0.15) is 13.1 Å². The highest BCUT2D eigenvalue weighted by molar-refractivity contribution is 6.15. The van der Waals surface area contributed by atoms with Gasteiger partial charge in [-0.05, 0) is 6.92 Å². The summed E-state index contributed by atoms with van der Waals surface area (Å²) in [5.41, 5.74) is 0. The molecule has 0 bridgehead atoms. The molecule has 2 atom stereocenters. The van der Waals surface area contributed by atoms with E-state index in [1.807, 2.05) is 0 Å². The first-order chi connectivity index (χ1) is 26.9. The highest BCUT2D eigenvalue weighted by Crippen LogP contribution is 2.26. The summed E-state index contributed by atoms with van der Waals surface area (Å²) in [6, 6.07) is 1.36. The molecule has 0 radical (unpaired) electrons. The molecule has 0 fully saturated rings. The molecule has 1 aliphatic heterocycles. The number of ether oxygens (including phenoxy) is 11. The second-order valence-corrected chi connectivity index (χ2v) is 11.4. The van der Waals surface area contributed by atoms with Crippen LogP contribution in [0.25, 0.3) is 0 Å². The molecule has 1 aromatic rings. The minimum absolute atomic E-state index is 0.00876. The normalized spacial score (nSPS) is 14.0. The number of aliphatic hydroxyl groups excluding tert-OH is 1.